The molecule has 1 amide bonds. The highest BCUT2D eigenvalue weighted by Crippen LogP contribution is 2.29. The predicted molar refractivity (Wildman–Crippen MR) is 127 cm³/mol. The molecule has 1 unspecified atom stereocenters. The van der Waals surface area contributed by atoms with Gasteiger partial charge in [-0.1, -0.05) is 60.3 Å². The number of hydrogen-bond donors (Lipinski definition) is 0. The topological polar surface area (TPSA) is 63.5 Å². The molecule has 1 aliphatic heterocycles. The fraction of sp³-hybridized carbons (Fsp3) is 0.375. The molecule has 7 nitrogen and oxygen atoms in total. The molecule has 4 rings (SSSR count). The molecule has 168 valence electrons. The average molecular weight is 452 g/mol. The molecule has 1 saturated heterocycles. The standard InChI is InChI=1S/C24H29N5O2S/c1-18-9-7-8-12-21(18)29-23(28-13-15-31-16-14-28)25-26-24(29)32-17-22(30)27(3)19(2)20-10-5-4-6-11-20/h4-12,19H,13-17H2,1-3H3. The number of benzene rings is 2. The number of thioether (sulfide) groups is 1. The maximum absolute atomic E-state index is 13.0. The van der Waals surface area contributed by atoms with E-state index in [2.05, 4.69) is 38.7 Å². The number of nitrogens with zero attached hydrogens (tertiary/aromatic N) is 5. The smallest absolute Gasteiger partial charge is 0.233 e. The number of para-hydroxylation sites is 1. The van der Waals surface area contributed by atoms with Crippen LogP contribution < -0.4 is 4.90 Å². The summed E-state index contributed by atoms with van der Waals surface area (Å²) in [6.45, 7) is 7.00. The molecule has 1 aliphatic rings. The van der Waals surface area contributed by atoms with Crippen LogP contribution in [0.15, 0.2) is 59.8 Å². The maximum Gasteiger partial charge on any atom is 0.233 e. The first kappa shape index (κ1) is 22.4. The molecule has 0 spiro atoms. The van der Waals surface area contributed by atoms with E-state index in [4.69, 9.17) is 4.74 Å². The van der Waals surface area contributed by atoms with Crippen molar-refractivity contribution in [3.05, 3.63) is 65.7 Å². The Morgan fingerprint density at radius 1 is 1.09 bits per heavy atom. The van der Waals surface area contributed by atoms with Crippen molar-refractivity contribution in [2.75, 3.05) is 44.0 Å². The average Bonchev–Trinajstić information content (AvgIpc) is 3.26. The highest BCUT2D eigenvalue weighted by Gasteiger charge is 2.24. The fourth-order valence-electron chi connectivity index (χ4n) is 3.75. The maximum atomic E-state index is 13.0. The first-order chi connectivity index (χ1) is 15.6. The molecule has 2 aromatic carbocycles. The molecule has 0 aliphatic carbocycles. The van der Waals surface area contributed by atoms with Crippen molar-refractivity contribution < 1.29 is 9.53 Å². The van der Waals surface area contributed by atoms with Crippen molar-refractivity contribution >= 4 is 23.6 Å². The summed E-state index contributed by atoms with van der Waals surface area (Å²) in [5.41, 5.74) is 3.27. The lowest BCUT2D eigenvalue weighted by molar-refractivity contribution is -0.128. The number of hydrogen-bond acceptors (Lipinski definition) is 6. The Kier molecular flexibility index (Phi) is 7.12. The molecule has 2 heterocycles. The minimum atomic E-state index is 0.00227. The molecular formula is C24H29N5O2S. The van der Waals surface area contributed by atoms with E-state index in [0.717, 1.165) is 41.0 Å². The van der Waals surface area contributed by atoms with Crippen LogP contribution in [0.1, 0.15) is 24.1 Å². The van der Waals surface area contributed by atoms with Gasteiger partial charge in [0.15, 0.2) is 5.16 Å². The Morgan fingerprint density at radius 2 is 1.78 bits per heavy atom. The van der Waals surface area contributed by atoms with Gasteiger partial charge in [-0.25, -0.2) is 0 Å². The minimum absolute atomic E-state index is 0.00227. The second kappa shape index (κ2) is 10.2. The van der Waals surface area contributed by atoms with Crippen LogP contribution in [-0.4, -0.2) is 64.7 Å². The zero-order chi connectivity index (χ0) is 22.5. The number of aromatic nitrogens is 3. The van der Waals surface area contributed by atoms with Crippen LogP contribution in [0, 0.1) is 6.92 Å². The molecule has 0 radical (unpaired) electrons. The van der Waals surface area contributed by atoms with Crippen molar-refractivity contribution in [2.45, 2.75) is 25.0 Å². The van der Waals surface area contributed by atoms with Crippen LogP contribution in [0.3, 0.4) is 0 Å². The fourth-order valence-corrected chi connectivity index (χ4v) is 4.61. The van der Waals surface area contributed by atoms with Gasteiger partial charge in [0.2, 0.25) is 11.9 Å². The Hall–Kier alpha value is -2.84. The van der Waals surface area contributed by atoms with E-state index in [-0.39, 0.29) is 11.9 Å². The zero-order valence-corrected chi connectivity index (χ0v) is 19.6. The van der Waals surface area contributed by atoms with Gasteiger partial charge in [0.05, 0.1) is 30.7 Å². The third kappa shape index (κ3) is 4.81. The van der Waals surface area contributed by atoms with Crippen molar-refractivity contribution in [1.29, 1.82) is 0 Å². The molecule has 8 heteroatoms. The van der Waals surface area contributed by atoms with Crippen LogP contribution >= 0.6 is 11.8 Å². The number of anilines is 1. The van der Waals surface area contributed by atoms with E-state index < -0.39 is 0 Å². The van der Waals surface area contributed by atoms with Gasteiger partial charge in [0.25, 0.3) is 0 Å². The summed E-state index contributed by atoms with van der Waals surface area (Å²) in [6.07, 6.45) is 0. The highest BCUT2D eigenvalue weighted by molar-refractivity contribution is 7.99. The molecule has 0 saturated carbocycles. The van der Waals surface area contributed by atoms with E-state index in [0.29, 0.717) is 19.0 Å². The van der Waals surface area contributed by atoms with Crippen molar-refractivity contribution in [1.82, 2.24) is 19.7 Å². The number of morpholine rings is 1. The summed E-state index contributed by atoms with van der Waals surface area (Å²) in [5, 5.41) is 9.68. The zero-order valence-electron chi connectivity index (χ0n) is 18.8. The Labute approximate surface area is 193 Å². The van der Waals surface area contributed by atoms with Crippen LogP contribution in [0.4, 0.5) is 5.95 Å². The normalized spacial score (nSPS) is 14.9. The number of carbonyl (C=O) groups excluding carboxylic acids is 1. The molecule has 1 atom stereocenters. The predicted octanol–water partition coefficient (Wildman–Crippen LogP) is 3.72. The monoisotopic (exact) mass is 451 g/mol. The largest absolute Gasteiger partial charge is 0.378 e. The molecule has 1 aromatic heterocycles. The number of amides is 1. The first-order valence-electron chi connectivity index (χ1n) is 10.8. The number of ether oxygens (including phenoxy) is 1. The third-order valence-electron chi connectivity index (χ3n) is 5.85. The Morgan fingerprint density at radius 3 is 2.50 bits per heavy atom. The van der Waals surface area contributed by atoms with Gasteiger partial charge in [-0.05, 0) is 31.0 Å². The first-order valence-corrected chi connectivity index (χ1v) is 11.8. The van der Waals surface area contributed by atoms with E-state index in [9.17, 15) is 4.79 Å². The molecule has 3 aromatic rings. The van der Waals surface area contributed by atoms with E-state index in [1.165, 1.54) is 11.8 Å². The number of aryl methyl sites for hydroxylation is 1. The third-order valence-corrected chi connectivity index (χ3v) is 6.76. The SMILES string of the molecule is Cc1ccccc1-n1c(SCC(=O)N(C)C(C)c2ccccc2)nnc1N1CCOCC1. The van der Waals surface area contributed by atoms with Crippen molar-refractivity contribution in [3.8, 4) is 5.69 Å². The lowest BCUT2D eigenvalue weighted by Gasteiger charge is -2.28. The molecular weight excluding hydrogens is 422 g/mol. The van der Waals surface area contributed by atoms with E-state index in [1.54, 1.807) is 4.90 Å². The summed E-state index contributed by atoms with van der Waals surface area (Å²) in [5.74, 6) is 1.14. The van der Waals surface area contributed by atoms with E-state index >= 15 is 0 Å². The van der Waals surface area contributed by atoms with Crippen LogP contribution in [0.5, 0.6) is 0 Å². The lowest BCUT2D eigenvalue weighted by atomic mass is 10.1. The van der Waals surface area contributed by atoms with Crippen LogP contribution in [0.25, 0.3) is 5.69 Å². The number of rotatable bonds is 7. The Balaban J connectivity index is 1.55. The molecule has 1 fully saturated rings. The van der Waals surface area contributed by atoms with Gasteiger partial charge in [-0.3, -0.25) is 9.36 Å². The van der Waals surface area contributed by atoms with Gasteiger partial charge < -0.3 is 14.5 Å². The van der Waals surface area contributed by atoms with Gasteiger partial charge in [0, 0.05) is 20.1 Å². The molecule has 0 N–H and O–H groups in total. The highest BCUT2D eigenvalue weighted by atomic mass is 32.2. The van der Waals surface area contributed by atoms with Crippen molar-refractivity contribution in [2.24, 2.45) is 0 Å². The summed E-state index contributed by atoms with van der Waals surface area (Å²) in [7, 11) is 1.85. The second-order valence-corrected chi connectivity index (χ2v) is 8.83. The van der Waals surface area contributed by atoms with Crippen molar-refractivity contribution in [3.63, 3.8) is 0 Å². The van der Waals surface area contributed by atoms with Crippen LogP contribution in [0.2, 0.25) is 0 Å². The second-order valence-electron chi connectivity index (χ2n) is 7.88. The van der Waals surface area contributed by atoms with Gasteiger partial charge in [0.1, 0.15) is 0 Å². The lowest BCUT2D eigenvalue weighted by Crippen LogP contribution is -2.38. The Bertz CT molecular complexity index is 1050. The molecule has 0 bridgehead atoms. The summed E-state index contributed by atoms with van der Waals surface area (Å²) < 4.78 is 7.58. The van der Waals surface area contributed by atoms with Crippen LogP contribution in [-0.2, 0) is 9.53 Å². The van der Waals surface area contributed by atoms with Gasteiger partial charge >= 0.3 is 0 Å². The summed E-state index contributed by atoms with van der Waals surface area (Å²) in [4.78, 5) is 17.0. The minimum Gasteiger partial charge on any atom is -0.378 e. The summed E-state index contributed by atoms with van der Waals surface area (Å²) >= 11 is 1.42. The summed E-state index contributed by atoms with van der Waals surface area (Å²) in [6, 6.07) is 18.3. The molecule has 32 heavy (non-hydrogen) atoms. The van der Waals surface area contributed by atoms with Gasteiger partial charge in [-0.2, -0.15) is 0 Å². The van der Waals surface area contributed by atoms with E-state index in [1.807, 2.05) is 56.4 Å². The van der Waals surface area contributed by atoms with Gasteiger partial charge in [-0.15, -0.1) is 10.2 Å². The quantitative estimate of drug-likeness (QED) is 0.510. The number of carbonyl (C=O) groups is 1.